The third-order valence-electron chi connectivity index (χ3n) is 0. The van der Waals surface area contributed by atoms with Gasteiger partial charge in [-0.1, -0.05) is 0 Å². The molecule has 0 aromatic rings. The normalized spacial score (nSPS) is 4.67. The Hall–Kier alpha value is 1.31. The van der Waals surface area contributed by atoms with Crippen molar-refractivity contribution in [2.75, 3.05) is 14.2 Å². The fraction of sp³-hybridized carbons (Fsp3) is 1.00. The van der Waals surface area contributed by atoms with E-state index in [1.165, 1.54) is 0 Å². The fourth-order valence-electron chi connectivity index (χ4n) is 0. The van der Waals surface area contributed by atoms with Crippen molar-refractivity contribution in [2.45, 2.75) is 0 Å². The lowest BCUT2D eigenvalue weighted by Gasteiger charge is -1.61. The molecule has 0 atom stereocenters. The lowest BCUT2D eigenvalue weighted by Crippen LogP contribution is -1.55. The van der Waals surface area contributed by atoms with E-state index in [1.807, 2.05) is 0 Å². The van der Waals surface area contributed by atoms with Crippen LogP contribution in [0.15, 0.2) is 0 Å². The summed E-state index contributed by atoms with van der Waals surface area (Å²) in [5.74, 6) is 0. The first-order chi connectivity index (χ1) is 2.83. The molecule has 0 aromatic heterocycles. The topological polar surface area (TPSA) is 9.23 Å². The Balaban J connectivity index is 0. The van der Waals surface area contributed by atoms with Crippen molar-refractivity contribution in [3.8, 4) is 0 Å². The average Bonchev–Trinajstić information content (AvgIpc) is 1.39. The molecule has 36 valence electrons. The van der Waals surface area contributed by atoms with E-state index in [0.717, 1.165) is 0 Å². The van der Waals surface area contributed by atoms with E-state index in [4.69, 9.17) is 18.1 Å². The second kappa shape index (κ2) is 16.2. The van der Waals surface area contributed by atoms with Gasteiger partial charge in [0.15, 0.2) is 0 Å². The minimum atomic E-state index is -0.639. The van der Waals surface area contributed by atoms with Gasteiger partial charge >= 0.3 is 18.2 Å². The van der Waals surface area contributed by atoms with E-state index in [2.05, 4.69) is 4.74 Å². The van der Waals surface area contributed by atoms with Gasteiger partial charge < -0.3 is 22.9 Å². The predicted molar refractivity (Wildman–Crippen MR) is 30.4 cm³/mol. The second-order valence-electron chi connectivity index (χ2n) is 0.509. The van der Waals surface area contributed by atoms with Crippen molar-refractivity contribution in [3.63, 3.8) is 0 Å². The zero-order valence-electron chi connectivity index (χ0n) is 3.87. The van der Waals surface area contributed by atoms with Gasteiger partial charge in [-0.3, -0.25) is 0 Å². The maximum Gasteiger partial charge on any atom is 0.618 e. The van der Waals surface area contributed by atoms with Crippen molar-refractivity contribution < 1.29 is 4.74 Å². The Labute approximate surface area is 55.2 Å². The molecule has 0 heterocycles. The molecule has 4 heteroatoms. The van der Waals surface area contributed by atoms with Gasteiger partial charge in [0, 0.05) is 14.2 Å². The summed E-state index contributed by atoms with van der Waals surface area (Å²) in [5, 5.41) is 0. The monoisotopic (exact) mass is 140 g/mol. The van der Waals surface area contributed by atoms with Crippen LogP contribution in [0.25, 0.3) is 0 Å². The number of ether oxygens (including phenoxy) is 1. The van der Waals surface area contributed by atoms with E-state index in [9.17, 15) is 0 Å². The standard InChI is InChI=1S/C2H6O.2ClH.Mg/c1-3-2;;;/h1-2H3;2*1H;/q;;;+2/p-2. The quantitative estimate of drug-likeness (QED) is 0.461. The molecule has 0 radical (unpaired) electrons. The lowest BCUT2D eigenvalue weighted by molar-refractivity contribution is 0.277. The van der Waals surface area contributed by atoms with Crippen LogP contribution in [-0.2, 0) is 4.74 Å². The molecule has 0 rings (SSSR count). The summed E-state index contributed by atoms with van der Waals surface area (Å²) in [4.78, 5) is 0. The second-order valence-corrected chi connectivity index (χ2v) is 3.14. The molecule has 0 bridgehead atoms. The summed E-state index contributed by atoms with van der Waals surface area (Å²) in [6, 6.07) is 0. The van der Waals surface area contributed by atoms with Gasteiger partial charge in [-0.05, 0) is 0 Å². The van der Waals surface area contributed by atoms with E-state index >= 15 is 0 Å². The van der Waals surface area contributed by atoms with Gasteiger partial charge in [0.25, 0.3) is 0 Å². The molecule has 0 amide bonds. The summed E-state index contributed by atoms with van der Waals surface area (Å²) in [6.07, 6.45) is 0. The highest BCUT2D eigenvalue weighted by Crippen LogP contribution is 1.67. The Morgan fingerprint density at radius 3 is 1.33 bits per heavy atom. The van der Waals surface area contributed by atoms with Crippen molar-refractivity contribution in [2.24, 2.45) is 0 Å². The summed E-state index contributed by atoms with van der Waals surface area (Å²) in [7, 11) is 13.1. The Kier molecular flexibility index (Phi) is 27.9. The molecule has 1 nitrogen and oxygen atoms in total. The maximum atomic E-state index is 4.90. The average molecular weight is 141 g/mol. The van der Waals surface area contributed by atoms with Gasteiger partial charge in [-0.2, -0.15) is 0 Å². The summed E-state index contributed by atoms with van der Waals surface area (Å²) >= 11 is -0.639. The van der Waals surface area contributed by atoms with Gasteiger partial charge in [0.1, 0.15) is 0 Å². The van der Waals surface area contributed by atoms with Crippen LogP contribution < -0.4 is 0 Å². The molecule has 0 aliphatic heterocycles. The molecule has 0 N–H and O–H groups in total. The predicted octanol–water partition coefficient (Wildman–Crippen LogP) is 1.26. The van der Waals surface area contributed by atoms with Gasteiger partial charge in [-0.25, -0.2) is 0 Å². The number of methoxy groups -OCH3 is 1. The van der Waals surface area contributed by atoms with Gasteiger partial charge in [-0.15, -0.1) is 0 Å². The molecule has 0 unspecified atom stereocenters. The third-order valence-corrected chi connectivity index (χ3v) is 0. The molecule has 0 fully saturated rings. The zero-order chi connectivity index (χ0) is 5.41. The van der Waals surface area contributed by atoms with Crippen LogP contribution in [0.3, 0.4) is 0 Å². The van der Waals surface area contributed by atoms with Crippen LogP contribution in [0.2, 0.25) is 0 Å². The van der Waals surface area contributed by atoms with Crippen LogP contribution in [0.5, 0.6) is 0 Å². The molecule has 6 heavy (non-hydrogen) atoms. The first kappa shape index (κ1) is 10.3. The summed E-state index contributed by atoms with van der Waals surface area (Å²) in [5.41, 5.74) is 0. The summed E-state index contributed by atoms with van der Waals surface area (Å²) in [6.45, 7) is 0. The van der Waals surface area contributed by atoms with Crippen LogP contribution in [0.1, 0.15) is 0 Å². The molecule has 0 aromatic carbocycles. The highest BCUT2D eigenvalue weighted by atomic mass is 35.6. The molecule has 0 aliphatic rings. The molecular weight excluding hydrogens is 135 g/mol. The highest BCUT2D eigenvalue weighted by Gasteiger charge is 1.64. The van der Waals surface area contributed by atoms with E-state index < -0.39 is 18.2 Å². The smallest absolute Gasteiger partial charge is 0.388 e. The minimum absolute atomic E-state index is 0.639. The third kappa shape index (κ3) is 57.7. The summed E-state index contributed by atoms with van der Waals surface area (Å²) < 4.78 is 4.25. The number of rotatable bonds is 0. The Morgan fingerprint density at radius 1 is 1.33 bits per heavy atom. The number of hydrogen-bond donors (Lipinski definition) is 0. The molecule has 0 spiro atoms. The fourth-order valence-corrected chi connectivity index (χ4v) is 0. The Morgan fingerprint density at radius 2 is 1.33 bits per heavy atom. The van der Waals surface area contributed by atoms with Crippen LogP contribution in [-0.4, -0.2) is 32.4 Å². The van der Waals surface area contributed by atoms with E-state index in [0.29, 0.717) is 0 Å². The zero-order valence-corrected chi connectivity index (χ0v) is 6.80. The first-order valence-electron chi connectivity index (χ1n) is 1.35. The SMILES string of the molecule is COC.[Cl][Mg][Cl]. The van der Waals surface area contributed by atoms with Crippen molar-refractivity contribution >= 4 is 36.3 Å². The van der Waals surface area contributed by atoms with Crippen LogP contribution >= 0.6 is 18.1 Å². The molecule has 0 saturated heterocycles. The minimum Gasteiger partial charge on any atom is -0.388 e. The number of hydrogen-bond acceptors (Lipinski definition) is 1. The Bertz CT molecular complexity index is 13.5. The van der Waals surface area contributed by atoms with Crippen molar-refractivity contribution in [1.29, 1.82) is 0 Å². The lowest BCUT2D eigenvalue weighted by atomic mass is 11.6. The van der Waals surface area contributed by atoms with E-state index in [1.54, 1.807) is 14.2 Å². The van der Waals surface area contributed by atoms with Crippen molar-refractivity contribution in [1.82, 2.24) is 0 Å². The van der Waals surface area contributed by atoms with Crippen LogP contribution in [0.4, 0.5) is 0 Å². The molecular formula is C2H6Cl2MgO. The molecule has 0 saturated carbocycles. The largest absolute Gasteiger partial charge is 0.618 e. The maximum absolute atomic E-state index is 4.90. The van der Waals surface area contributed by atoms with E-state index in [-0.39, 0.29) is 0 Å². The number of halogens is 2. The van der Waals surface area contributed by atoms with Crippen LogP contribution in [0, 0.1) is 0 Å². The van der Waals surface area contributed by atoms with Gasteiger partial charge in [0.2, 0.25) is 0 Å². The van der Waals surface area contributed by atoms with Crippen molar-refractivity contribution in [3.05, 3.63) is 0 Å². The first-order valence-corrected chi connectivity index (χ1v) is 5.63. The molecule has 0 aliphatic carbocycles. The highest BCUT2D eigenvalue weighted by molar-refractivity contribution is 7.22. The van der Waals surface area contributed by atoms with Gasteiger partial charge in [0.05, 0.1) is 0 Å².